The van der Waals surface area contributed by atoms with Crippen molar-refractivity contribution >= 4 is 11.0 Å². The van der Waals surface area contributed by atoms with Crippen LogP contribution in [0.2, 0.25) is 0 Å². The van der Waals surface area contributed by atoms with Gasteiger partial charge < -0.3 is 4.42 Å². The second-order valence-corrected chi connectivity index (χ2v) is 6.21. The molecule has 0 aliphatic heterocycles. The first-order valence-corrected chi connectivity index (χ1v) is 6.34. The maximum Gasteiger partial charge on any atom is 0.134 e. The van der Waals surface area contributed by atoms with E-state index in [1.807, 2.05) is 0 Å². The maximum atomic E-state index is 5.95. The van der Waals surface area contributed by atoms with E-state index in [-0.39, 0.29) is 5.41 Å². The molecule has 1 heterocycles. The highest BCUT2D eigenvalue weighted by atomic mass is 16.3. The summed E-state index contributed by atoms with van der Waals surface area (Å²) < 4.78 is 5.95. The van der Waals surface area contributed by atoms with Gasteiger partial charge in [-0.15, -0.1) is 0 Å². The van der Waals surface area contributed by atoms with E-state index in [9.17, 15) is 0 Å². The molecule has 17 heavy (non-hydrogen) atoms. The average Bonchev–Trinajstić information content (AvgIpc) is 2.61. The minimum absolute atomic E-state index is 0.0729. The summed E-state index contributed by atoms with van der Waals surface area (Å²) in [5.74, 6) is 1.63. The smallest absolute Gasteiger partial charge is 0.134 e. The van der Waals surface area contributed by atoms with Crippen molar-refractivity contribution < 1.29 is 4.42 Å². The number of fused-ring (bicyclic) bond motifs is 1. The van der Waals surface area contributed by atoms with Crippen LogP contribution in [0, 0.1) is 6.92 Å². The van der Waals surface area contributed by atoms with Crippen LogP contribution in [-0.4, -0.2) is 0 Å². The fourth-order valence-corrected chi connectivity index (χ4v) is 2.26. The van der Waals surface area contributed by atoms with Crippen LogP contribution in [0.15, 0.2) is 22.6 Å². The van der Waals surface area contributed by atoms with E-state index in [1.165, 1.54) is 16.5 Å². The van der Waals surface area contributed by atoms with E-state index < -0.39 is 0 Å². The molecule has 0 amide bonds. The molecule has 0 N–H and O–H groups in total. The van der Waals surface area contributed by atoms with E-state index in [0.717, 1.165) is 11.3 Å². The second-order valence-electron chi connectivity index (χ2n) is 6.21. The van der Waals surface area contributed by atoms with Gasteiger partial charge in [0.05, 0.1) is 0 Å². The largest absolute Gasteiger partial charge is 0.461 e. The van der Waals surface area contributed by atoms with Crippen LogP contribution in [0.4, 0.5) is 0 Å². The zero-order valence-corrected chi connectivity index (χ0v) is 11.7. The van der Waals surface area contributed by atoms with E-state index in [1.54, 1.807) is 0 Å². The molecule has 2 rings (SSSR count). The van der Waals surface area contributed by atoms with Crippen molar-refractivity contribution in [3.05, 3.63) is 35.1 Å². The van der Waals surface area contributed by atoms with Gasteiger partial charge in [0.1, 0.15) is 11.3 Å². The van der Waals surface area contributed by atoms with Crippen molar-refractivity contribution in [2.75, 3.05) is 0 Å². The van der Waals surface area contributed by atoms with Gasteiger partial charge in [0.2, 0.25) is 0 Å². The normalized spacial score (nSPS) is 12.6. The summed E-state index contributed by atoms with van der Waals surface area (Å²) in [5.41, 5.74) is 3.86. The topological polar surface area (TPSA) is 13.1 Å². The van der Waals surface area contributed by atoms with Gasteiger partial charge in [-0.25, -0.2) is 0 Å². The highest BCUT2D eigenvalue weighted by Crippen LogP contribution is 2.33. The predicted octanol–water partition coefficient (Wildman–Crippen LogP) is 5.16. The van der Waals surface area contributed by atoms with Crippen molar-refractivity contribution in [3.63, 3.8) is 0 Å². The standard InChI is InChI=1S/C16H22O/c1-10(2)12-7-8-14-13(11(12)3)9-15(17-14)16(4,5)6/h7-10H,1-6H3. The Morgan fingerprint density at radius 2 is 1.76 bits per heavy atom. The van der Waals surface area contributed by atoms with Crippen LogP contribution in [0.5, 0.6) is 0 Å². The first-order chi connectivity index (χ1) is 7.80. The van der Waals surface area contributed by atoms with Crippen LogP contribution >= 0.6 is 0 Å². The Bertz CT molecular complexity index is 538. The van der Waals surface area contributed by atoms with E-state index >= 15 is 0 Å². The fourth-order valence-electron chi connectivity index (χ4n) is 2.26. The van der Waals surface area contributed by atoms with Crippen molar-refractivity contribution in [1.82, 2.24) is 0 Å². The summed E-state index contributed by atoms with van der Waals surface area (Å²) in [6.45, 7) is 13.2. The lowest BCUT2D eigenvalue weighted by Gasteiger charge is -2.13. The summed E-state index contributed by atoms with van der Waals surface area (Å²) in [6, 6.07) is 6.50. The molecule has 0 atom stereocenters. The van der Waals surface area contributed by atoms with Crippen LogP contribution < -0.4 is 0 Å². The highest BCUT2D eigenvalue weighted by Gasteiger charge is 2.20. The molecule has 0 aliphatic rings. The minimum Gasteiger partial charge on any atom is -0.461 e. The van der Waals surface area contributed by atoms with Crippen LogP contribution in [0.25, 0.3) is 11.0 Å². The number of aryl methyl sites for hydroxylation is 1. The van der Waals surface area contributed by atoms with Crippen LogP contribution in [0.1, 0.15) is 57.4 Å². The summed E-state index contributed by atoms with van der Waals surface area (Å²) in [6.07, 6.45) is 0. The molecule has 2 aromatic rings. The maximum absolute atomic E-state index is 5.95. The van der Waals surface area contributed by atoms with E-state index in [0.29, 0.717) is 5.92 Å². The van der Waals surface area contributed by atoms with Crippen LogP contribution in [-0.2, 0) is 5.41 Å². The van der Waals surface area contributed by atoms with E-state index in [2.05, 4.69) is 59.7 Å². The Morgan fingerprint density at radius 1 is 1.12 bits per heavy atom. The van der Waals surface area contributed by atoms with Gasteiger partial charge in [-0.3, -0.25) is 0 Å². The molecule has 1 heteroatoms. The molecular formula is C16H22O. The first kappa shape index (κ1) is 12.2. The third-order valence-corrected chi connectivity index (χ3v) is 3.37. The third kappa shape index (κ3) is 2.11. The fraction of sp³-hybridized carbons (Fsp3) is 0.500. The molecular weight excluding hydrogens is 208 g/mol. The summed E-state index contributed by atoms with van der Waals surface area (Å²) >= 11 is 0. The minimum atomic E-state index is 0.0729. The Morgan fingerprint density at radius 3 is 2.29 bits per heavy atom. The zero-order valence-electron chi connectivity index (χ0n) is 11.7. The Labute approximate surface area is 104 Å². The lowest BCUT2D eigenvalue weighted by Crippen LogP contribution is -2.08. The molecule has 0 bridgehead atoms. The van der Waals surface area contributed by atoms with Gasteiger partial charge in [-0.2, -0.15) is 0 Å². The van der Waals surface area contributed by atoms with Crippen molar-refractivity contribution in [2.24, 2.45) is 0 Å². The molecule has 0 radical (unpaired) electrons. The van der Waals surface area contributed by atoms with Crippen molar-refractivity contribution in [3.8, 4) is 0 Å². The summed E-state index contributed by atoms with van der Waals surface area (Å²) in [4.78, 5) is 0. The lowest BCUT2D eigenvalue weighted by molar-refractivity contribution is 0.430. The number of furan rings is 1. The van der Waals surface area contributed by atoms with Crippen LogP contribution in [0.3, 0.4) is 0 Å². The molecule has 0 aliphatic carbocycles. The zero-order chi connectivity index (χ0) is 12.8. The van der Waals surface area contributed by atoms with Gasteiger partial charge in [-0.1, -0.05) is 40.7 Å². The number of hydrogen-bond donors (Lipinski definition) is 0. The monoisotopic (exact) mass is 230 g/mol. The van der Waals surface area contributed by atoms with Gasteiger partial charge in [-0.05, 0) is 36.1 Å². The predicted molar refractivity (Wildman–Crippen MR) is 73.7 cm³/mol. The molecule has 0 spiro atoms. The van der Waals surface area contributed by atoms with Gasteiger partial charge in [0.25, 0.3) is 0 Å². The van der Waals surface area contributed by atoms with Gasteiger partial charge in [0, 0.05) is 10.8 Å². The second kappa shape index (κ2) is 3.90. The molecule has 0 unspecified atom stereocenters. The summed E-state index contributed by atoms with van der Waals surface area (Å²) in [7, 11) is 0. The molecule has 0 saturated heterocycles. The molecule has 92 valence electrons. The molecule has 1 aromatic carbocycles. The molecule has 0 saturated carbocycles. The highest BCUT2D eigenvalue weighted by molar-refractivity contribution is 5.83. The quantitative estimate of drug-likeness (QED) is 0.659. The number of rotatable bonds is 1. The number of benzene rings is 1. The van der Waals surface area contributed by atoms with Gasteiger partial charge >= 0.3 is 0 Å². The third-order valence-electron chi connectivity index (χ3n) is 3.37. The van der Waals surface area contributed by atoms with Crippen molar-refractivity contribution in [2.45, 2.75) is 52.9 Å². The lowest BCUT2D eigenvalue weighted by atomic mass is 9.92. The van der Waals surface area contributed by atoms with Gasteiger partial charge in [0.15, 0.2) is 0 Å². The molecule has 1 nitrogen and oxygen atoms in total. The average molecular weight is 230 g/mol. The Hall–Kier alpha value is -1.24. The molecule has 0 fully saturated rings. The number of hydrogen-bond acceptors (Lipinski definition) is 1. The van der Waals surface area contributed by atoms with Crippen molar-refractivity contribution in [1.29, 1.82) is 0 Å². The summed E-state index contributed by atoms with van der Waals surface area (Å²) in [5, 5.41) is 1.26. The van der Waals surface area contributed by atoms with E-state index in [4.69, 9.17) is 4.42 Å². The Kier molecular flexibility index (Phi) is 2.81. The Balaban J connectivity index is 2.66. The SMILES string of the molecule is Cc1c(C(C)C)ccc2oc(C(C)(C)C)cc12. The first-order valence-electron chi connectivity index (χ1n) is 6.34. The molecule has 1 aromatic heterocycles.